The predicted molar refractivity (Wildman–Crippen MR) is 95.8 cm³/mol. The summed E-state index contributed by atoms with van der Waals surface area (Å²) in [7, 11) is 0. The summed E-state index contributed by atoms with van der Waals surface area (Å²) < 4.78 is 0. The molecule has 0 radical (unpaired) electrons. The van der Waals surface area contributed by atoms with E-state index >= 15 is 0 Å². The smallest absolute Gasteiger partial charge is 0.328 e. The molecule has 28 heavy (non-hydrogen) atoms. The van der Waals surface area contributed by atoms with Crippen LogP contribution >= 0.6 is 0 Å². The van der Waals surface area contributed by atoms with Crippen molar-refractivity contribution < 1.29 is 39.3 Å². The van der Waals surface area contributed by atoms with E-state index in [1.54, 1.807) is 13.8 Å². The van der Waals surface area contributed by atoms with E-state index in [4.69, 9.17) is 15.9 Å². The molecule has 0 fully saturated rings. The van der Waals surface area contributed by atoms with Crippen molar-refractivity contribution in [3.63, 3.8) is 0 Å². The van der Waals surface area contributed by atoms with E-state index in [0.717, 1.165) is 0 Å². The van der Waals surface area contributed by atoms with Crippen LogP contribution in [0.15, 0.2) is 0 Å². The third-order valence-corrected chi connectivity index (χ3v) is 3.72. The first-order valence-corrected chi connectivity index (χ1v) is 8.57. The summed E-state index contributed by atoms with van der Waals surface area (Å²) in [6.07, 6.45) is -2.14. The number of nitrogens with one attached hydrogen (secondary N) is 3. The van der Waals surface area contributed by atoms with Crippen LogP contribution < -0.4 is 21.7 Å². The molecule has 12 nitrogen and oxygen atoms in total. The Kier molecular flexibility index (Phi) is 10.1. The van der Waals surface area contributed by atoms with Crippen LogP contribution in [0.25, 0.3) is 0 Å². The molecule has 0 saturated heterocycles. The number of carboxylic acid groups (broad SMARTS) is 2. The monoisotopic (exact) mass is 404 g/mol. The summed E-state index contributed by atoms with van der Waals surface area (Å²) in [4.78, 5) is 58.6. The van der Waals surface area contributed by atoms with Crippen LogP contribution in [0.5, 0.6) is 0 Å². The Morgan fingerprint density at radius 1 is 0.821 bits per heavy atom. The normalized spacial score (nSPS) is 16.2. The van der Waals surface area contributed by atoms with Crippen LogP contribution in [0.2, 0.25) is 0 Å². The van der Waals surface area contributed by atoms with Gasteiger partial charge in [-0.25, -0.2) is 4.79 Å². The van der Waals surface area contributed by atoms with Crippen LogP contribution in [-0.2, 0) is 24.0 Å². The van der Waals surface area contributed by atoms with Crippen molar-refractivity contribution in [3.05, 3.63) is 0 Å². The maximum Gasteiger partial charge on any atom is 0.328 e. The van der Waals surface area contributed by atoms with Gasteiger partial charge in [0.25, 0.3) is 0 Å². The van der Waals surface area contributed by atoms with Crippen LogP contribution in [-0.4, -0.2) is 75.3 Å². The lowest BCUT2D eigenvalue weighted by atomic mass is 10.0. The molecule has 0 aromatic heterocycles. The number of hydrogen-bond donors (Lipinski definition) is 7. The highest BCUT2D eigenvalue weighted by atomic mass is 16.4. The van der Waals surface area contributed by atoms with Gasteiger partial charge in [-0.1, -0.05) is 13.8 Å². The van der Waals surface area contributed by atoms with Gasteiger partial charge < -0.3 is 37.0 Å². The number of carbonyl (C=O) groups excluding carboxylic acids is 3. The summed E-state index contributed by atoms with van der Waals surface area (Å²) in [5.74, 6) is -5.94. The van der Waals surface area contributed by atoms with E-state index in [1.807, 2.05) is 0 Å². The van der Waals surface area contributed by atoms with Crippen molar-refractivity contribution in [2.45, 2.75) is 64.4 Å². The molecule has 0 saturated carbocycles. The molecule has 0 aliphatic heterocycles. The zero-order valence-corrected chi connectivity index (χ0v) is 16.1. The fraction of sp³-hybridized carbons (Fsp3) is 0.688. The zero-order chi connectivity index (χ0) is 22.2. The van der Waals surface area contributed by atoms with Gasteiger partial charge >= 0.3 is 11.9 Å². The number of carboxylic acids is 2. The van der Waals surface area contributed by atoms with Crippen molar-refractivity contribution in [2.24, 2.45) is 11.7 Å². The number of hydrogen-bond acceptors (Lipinski definition) is 7. The Balaban J connectivity index is 5.37. The Morgan fingerprint density at radius 3 is 1.68 bits per heavy atom. The highest BCUT2D eigenvalue weighted by molar-refractivity contribution is 5.95. The number of nitrogens with two attached hydrogens (primary N) is 1. The van der Waals surface area contributed by atoms with E-state index in [0.29, 0.717) is 0 Å². The number of aliphatic hydroxyl groups is 1. The summed E-state index contributed by atoms with van der Waals surface area (Å²) in [6.45, 7) is 5.65. The average Bonchev–Trinajstić information content (AvgIpc) is 2.54. The molecule has 3 amide bonds. The number of aliphatic hydroxyl groups excluding tert-OH is 1. The van der Waals surface area contributed by atoms with Gasteiger partial charge in [0, 0.05) is 0 Å². The van der Waals surface area contributed by atoms with Gasteiger partial charge in [-0.05, 0) is 19.8 Å². The first-order valence-electron chi connectivity index (χ1n) is 8.57. The molecule has 160 valence electrons. The van der Waals surface area contributed by atoms with E-state index in [-0.39, 0.29) is 0 Å². The third kappa shape index (κ3) is 8.31. The first kappa shape index (κ1) is 25.3. The quantitative estimate of drug-likeness (QED) is 0.192. The van der Waals surface area contributed by atoms with Crippen molar-refractivity contribution in [2.75, 3.05) is 0 Å². The molecule has 0 bridgehead atoms. The standard InChI is InChI=1S/C16H28N4O8/c1-6(2)11(15(26)20-12(8(4)21)16(27)28)19-14(25)9(5-10(22)23)18-13(24)7(3)17/h6-9,11-12,21H,5,17H2,1-4H3,(H,18,24)(H,19,25)(H,20,26)(H,22,23)(H,27,28). The summed E-state index contributed by atoms with van der Waals surface area (Å²) >= 11 is 0. The molecule has 12 heteroatoms. The maximum absolute atomic E-state index is 12.4. The minimum atomic E-state index is -1.60. The van der Waals surface area contributed by atoms with Gasteiger partial charge in [-0.15, -0.1) is 0 Å². The van der Waals surface area contributed by atoms with Crippen molar-refractivity contribution in [1.82, 2.24) is 16.0 Å². The molecule has 0 aliphatic carbocycles. The molecule has 8 N–H and O–H groups in total. The Hall–Kier alpha value is -2.73. The lowest BCUT2D eigenvalue weighted by Crippen LogP contribution is -2.59. The number of amides is 3. The largest absolute Gasteiger partial charge is 0.481 e. The molecule has 0 aromatic rings. The summed E-state index contributed by atoms with van der Waals surface area (Å²) in [5, 5.41) is 34.1. The van der Waals surface area contributed by atoms with Gasteiger partial charge in [-0.2, -0.15) is 0 Å². The topological polar surface area (TPSA) is 208 Å². The number of aliphatic carboxylic acids is 2. The van der Waals surface area contributed by atoms with Gasteiger partial charge in [0.05, 0.1) is 18.6 Å². The molecule has 0 heterocycles. The van der Waals surface area contributed by atoms with Gasteiger partial charge in [-0.3, -0.25) is 19.2 Å². The van der Waals surface area contributed by atoms with Crippen molar-refractivity contribution >= 4 is 29.7 Å². The highest BCUT2D eigenvalue weighted by Crippen LogP contribution is 2.06. The minimum Gasteiger partial charge on any atom is -0.481 e. The van der Waals surface area contributed by atoms with E-state index in [9.17, 15) is 29.1 Å². The fourth-order valence-corrected chi connectivity index (χ4v) is 2.11. The maximum atomic E-state index is 12.4. The molecule has 0 rings (SSSR count). The minimum absolute atomic E-state index is 0.512. The summed E-state index contributed by atoms with van der Waals surface area (Å²) in [5.41, 5.74) is 5.39. The third-order valence-electron chi connectivity index (χ3n) is 3.72. The van der Waals surface area contributed by atoms with Crippen LogP contribution in [0.3, 0.4) is 0 Å². The Bertz CT molecular complexity index is 605. The number of rotatable bonds is 11. The van der Waals surface area contributed by atoms with Gasteiger partial charge in [0.2, 0.25) is 17.7 Å². The second-order valence-corrected chi connectivity index (χ2v) is 6.74. The molecule has 0 spiro atoms. The second-order valence-electron chi connectivity index (χ2n) is 6.74. The summed E-state index contributed by atoms with van der Waals surface area (Å²) in [6, 6.07) is -5.32. The van der Waals surface area contributed by atoms with Crippen LogP contribution in [0, 0.1) is 5.92 Å². The van der Waals surface area contributed by atoms with E-state index in [2.05, 4.69) is 16.0 Å². The number of carbonyl (C=O) groups is 5. The fourth-order valence-electron chi connectivity index (χ4n) is 2.11. The lowest BCUT2D eigenvalue weighted by molar-refractivity contribution is -0.146. The van der Waals surface area contributed by atoms with Gasteiger partial charge in [0.15, 0.2) is 6.04 Å². The SMILES string of the molecule is CC(N)C(=O)NC(CC(=O)O)C(=O)NC(C(=O)NC(C(=O)O)C(C)O)C(C)C. The Morgan fingerprint density at radius 2 is 1.32 bits per heavy atom. The van der Waals surface area contributed by atoms with E-state index < -0.39 is 72.3 Å². The average molecular weight is 404 g/mol. The Labute approximate surface area is 161 Å². The molecule has 0 aromatic carbocycles. The van der Waals surface area contributed by atoms with Crippen molar-refractivity contribution in [3.8, 4) is 0 Å². The lowest BCUT2D eigenvalue weighted by Gasteiger charge is -2.27. The van der Waals surface area contributed by atoms with Crippen molar-refractivity contribution in [1.29, 1.82) is 0 Å². The first-order chi connectivity index (χ1) is 12.8. The van der Waals surface area contributed by atoms with Crippen LogP contribution in [0.1, 0.15) is 34.1 Å². The predicted octanol–water partition coefficient (Wildman–Crippen LogP) is -2.62. The second kappa shape index (κ2) is 11.2. The molecule has 0 aliphatic rings. The molecular formula is C16H28N4O8. The van der Waals surface area contributed by atoms with E-state index in [1.165, 1.54) is 13.8 Å². The zero-order valence-electron chi connectivity index (χ0n) is 16.1. The molecular weight excluding hydrogens is 376 g/mol. The van der Waals surface area contributed by atoms with Gasteiger partial charge in [0.1, 0.15) is 12.1 Å². The van der Waals surface area contributed by atoms with Crippen LogP contribution in [0.4, 0.5) is 0 Å². The molecule has 5 atom stereocenters. The molecule has 5 unspecified atom stereocenters. The highest BCUT2D eigenvalue weighted by Gasteiger charge is 2.33.